The molecule has 7 nitrogen and oxygen atoms in total. The van der Waals surface area contributed by atoms with Gasteiger partial charge in [0.05, 0.1) is 5.69 Å². The predicted molar refractivity (Wildman–Crippen MR) is 106 cm³/mol. The molecule has 0 bridgehead atoms. The number of hydrogen-bond donors (Lipinski definition) is 2. The second kappa shape index (κ2) is 8.13. The average molecular weight is 383 g/mol. The summed E-state index contributed by atoms with van der Waals surface area (Å²) in [4.78, 5) is 28.8. The van der Waals surface area contributed by atoms with E-state index in [-0.39, 0.29) is 11.8 Å². The molecule has 0 saturated heterocycles. The van der Waals surface area contributed by atoms with Crippen LogP contribution < -0.4 is 10.6 Å². The van der Waals surface area contributed by atoms with E-state index in [9.17, 15) is 9.59 Å². The van der Waals surface area contributed by atoms with Gasteiger partial charge in [0.15, 0.2) is 5.13 Å². The van der Waals surface area contributed by atoms with Crippen LogP contribution in [0.3, 0.4) is 0 Å². The molecule has 140 valence electrons. The summed E-state index contributed by atoms with van der Waals surface area (Å²) >= 11 is 1.35. The molecule has 2 N–H and O–H groups in total. The molecule has 3 aromatic rings. The van der Waals surface area contributed by atoms with Crippen molar-refractivity contribution < 1.29 is 9.59 Å². The van der Waals surface area contributed by atoms with Gasteiger partial charge >= 0.3 is 0 Å². The topological polar surface area (TPSA) is 88.9 Å². The summed E-state index contributed by atoms with van der Waals surface area (Å²) in [6.07, 6.45) is 1.93. The van der Waals surface area contributed by atoms with Crippen molar-refractivity contribution in [1.82, 2.24) is 14.8 Å². The van der Waals surface area contributed by atoms with Crippen LogP contribution in [0.15, 0.2) is 35.8 Å². The molecule has 0 radical (unpaired) electrons. The fourth-order valence-electron chi connectivity index (χ4n) is 2.79. The average Bonchev–Trinajstić information content (AvgIpc) is 3.24. The number of aromatic nitrogens is 3. The van der Waals surface area contributed by atoms with E-state index in [1.165, 1.54) is 11.3 Å². The third-order valence-corrected chi connectivity index (χ3v) is 4.85. The summed E-state index contributed by atoms with van der Waals surface area (Å²) in [5.74, 6) is -0.371. The number of anilines is 2. The molecule has 2 amide bonds. The fraction of sp³-hybridized carbons (Fsp3) is 0.263. The summed E-state index contributed by atoms with van der Waals surface area (Å²) in [5, 5.41) is 12.3. The molecular weight excluding hydrogens is 362 g/mol. The molecule has 0 atom stereocenters. The first-order chi connectivity index (χ1) is 12.9. The lowest BCUT2D eigenvalue weighted by atomic mass is 10.1. The number of nitrogens with one attached hydrogen (secondary N) is 2. The molecule has 0 saturated carbocycles. The molecule has 0 aliphatic carbocycles. The fourth-order valence-corrected chi connectivity index (χ4v) is 3.31. The highest BCUT2D eigenvalue weighted by Gasteiger charge is 2.14. The molecule has 8 heteroatoms. The van der Waals surface area contributed by atoms with Gasteiger partial charge in [-0.25, -0.2) is 4.98 Å². The highest BCUT2D eigenvalue weighted by atomic mass is 32.1. The Bertz CT molecular complexity index is 963. The van der Waals surface area contributed by atoms with Crippen molar-refractivity contribution in [2.24, 2.45) is 0 Å². The van der Waals surface area contributed by atoms with Gasteiger partial charge in [0.1, 0.15) is 0 Å². The van der Waals surface area contributed by atoms with Gasteiger partial charge < -0.3 is 5.32 Å². The number of carbonyl (C=O) groups excluding carboxylic acids is 2. The van der Waals surface area contributed by atoms with Crippen molar-refractivity contribution in [2.75, 3.05) is 10.6 Å². The first kappa shape index (κ1) is 18.8. The van der Waals surface area contributed by atoms with Crippen LogP contribution in [0.1, 0.15) is 33.7 Å². The van der Waals surface area contributed by atoms with Crippen LogP contribution in [-0.4, -0.2) is 26.6 Å². The molecular formula is C19H21N5O2S. The van der Waals surface area contributed by atoms with E-state index in [2.05, 4.69) is 20.7 Å². The van der Waals surface area contributed by atoms with E-state index in [1.54, 1.807) is 29.8 Å². The van der Waals surface area contributed by atoms with Gasteiger partial charge in [-0.3, -0.25) is 19.6 Å². The quantitative estimate of drug-likeness (QED) is 0.681. The molecule has 0 spiro atoms. The van der Waals surface area contributed by atoms with Crippen LogP contribution in [0.5, 0.6) is 0 Å². The maximum absolute atomic E-state index is 12.5. The van der Waals surface area contributed by atoms with Crippen LogP contribution in [0.25, 0.3) is 0 Å². The largest absolute Gasteiger partial charge is 0.326 e. The van der Waals surface area contributed by atoms with Crippen LogP contribution >= 0.6 is 11.3 Å². The van der Waals surface area contributed by atoms with Crippen molar-refractivity contribution in [3.8, 4) is 0 Å². The van der Waals surface area contributed by atoms with Gasteiger partial charge in [-0.1, -0.05) is 6.07 Å². The monoisotopic (exact) mass is 383 g/mol. The minimum absolute atomic E-state index is 0.122. The van der Waals surface area contributed by atoms with Gasteiger partial charge in [0.25, 0.3) is 5.91 Å². The smallest absolute Gasteiger partial charge is 0.257 e. The SMILES string of the molecule is Cc1cc(C)n(CCC(=O)Nc2cccc(C(=O)Nc3nccs3)c2C)n1. The van der Waals surface area contributed by atoms with Crippen molar-refractivity contribution in [2.45, 2.75) is 33.7 Å². The molecule has 27 heavy (non-hydrogen) atoms. The Balaban J connectivity index is 1.65. The van der Waals surface area contributed by atoms with Crippen LogP contribution in [0.4, 0.5) is 10.8 Å². The second-order valence-electron chi connectivity index (χ2n) is 6.22. The minimum Gasteiger partial charge on any atom is -0.326 e. The molecule has 3 rings (SSSR count). The molecule has 1 aromatic carbocycles. The molecule has 2 aromatic heterocycles. The Morgan fingerprint density at radius 1 is 1.19 bits per heavy atom. The van der Waals surface area contributed by atoms with Crippen molar-refractivity contribution in [3.05, 3.63) is 58.4 Å². The highest BCUT2D eigenvalue weighted by Crippen LogP contribution is 2.21. The molecule has 0 unspecified atom stereocenters. The van der Waals surface area contributed by atoms with E-state index >= 15 is 0 Å². The first-order valence-electron chi connectivity index (χ1n) is 8.55. The van der Waals surface area contributed by atoms with Gasteiger partial charge in [0, 0.05) is 41.5 Å². The van der Waals surface area contributed by atoms with Crippen LogP contribution in [0, 0.1) is 20.8 Å². The Morgan fingerprint density at radius 3 is 2.67 bits per heavy atom. The van der Waals surface area contributed by atoms with Crippen molar-refractivity contribution >= 4 is 34.0 Å². The lowest BCUT2D eigenvalue weighted by Gasteiger charge is -2.12. The van der Waals surface area contributed by atoms with Crippen LogP contribution in [0.2, 0.25) is 0 Å². The zero-order valence-corrected chi connectivity index (χ0v) is 16.3. The molecule has 0 aliphatic heterocycles. The maximum Gasteiger partial charge on any atom is 0.257 e. The van der Waals surface area contributed by atoms with E-state index in [1.807, 2.05) is 31.5 Å². The Morgan fingerprint density at radius 2 is 2.00 bits per heavy atom. The predicted octanol–water partition coefficient (Wildman–Crippen LogP) is 3.55. The summed E-state index contributed by atoms with van der Waals surface area (Å²) in [5.41, 5.74) is 3.80. The van der Waals surface area contributed by atoms with Gasteiger partial charge in [-0.15, -0.1) is 11.3 Å². The second-order valence-corrected chi connectivity index (χ2v) is 7.11. The number of benzene rings is 1. The number of amides is 2. The van der Waals surface area contributed by atoms with Gasteiger partial charge in [-0.05, 0) is 44.5 Å². The maximum atomic E-state index is 12.5. The third-order valence-electron chi connectivity index (χ3n) is 4.16. The number of thiazole rings is 1. The normalized spacial score (nSPS) is 10.6. The lowest BCUT2D eigenvalue weighted by Crippen LogP contribution is -2.18. The standard InChI is InChI=1S/C19H21N5O2S/c1-12-11-13(2)24(23-12)9-7-17(25)21-16-6-4-5-15(14(16)3)18(26)22-19-20-8-10-27-19/h4-6,8,10-11H,7,9H2,1-3H3,(H,21,25)(H,20,22,26). The molecule has 0 aliphatic rings. The van der Waals surface area contributed by atoms with E-state index < -0.39 is 0 Å². The van der Waals surface area contributed by atoms with Gasteiger partial charge in [-0.2, -0.15) is 5.10 Å². The number of carbonyl (C=O) groups is 2. The summed E-state index contributed by atoms with van der Waals surface area (Å²) in [7, 11) is 0. The summed E-state index contributed by atoms with van der Waals surface area (Å²) in [6.45, 7) is 6.21. The third kappa shape index (κ3) is 4.59. The van der Waals surface area contributed by atoms with Crippen molar-refractivity contribution in [3.63, 3.8) is 0 Å². The first-order valence-corrected chi connectivity index (χ1v) is 9.43. The number of nitrogens with zero attached hydrogens (tertiary/aromatic N) is 3. The Kier molecular flexibility index (Phi) is 5.66. The summed E-state index contributed by atoms with van der Waals surface area (Å²) in [6, 6.07) is 7.24. The Labute approximate surface area is 161 Å². The number of hydrogen-bond acceptors (Lipinski definition) is 5. The van der Waals surface area contributed by atoms with E-state index in [0.29, 0.717) is 34.9 Å². The lowest BCUT2D eigenvalue weighted by molar-refractivity contribution is -0.116. The van der Waals surface area contributed by atoms with E-state index in [4.69, 9.17) is 0 Å². The minimum atomic E-state index is -0.249. The zero-order chi connectivity index (χ0) is 19.4. The van der Waals surface area contributed by atoms with Crippen molar-refractivity contribution in [1.29, 1.82) is 0 Å². The van der Waals surface area contributed by atoms with E-state index in [0.717, 1.165) is 11.4 Å². The number of aryl methyl sites for hydroxylation is 3. The Hall–Kier alpha value is -3.00. The highest BCUT2D eigenvalue weighted by molar-refractivity contribution is 7.13. The molecule has 0 fully saturated rings. The van der Waals surface area contributed by atoms with Crippen LogP contribution in [-0.2, 0) is 11.3 Å². The zero-order valence-electron chi connectivity index (χ0n) is 15.4. The molecule has 2 heterocycles. The van der Waals surface area contributed by atoms with Gasteiger partial charge in [0.2, 0.25) is 5.91 Å². The number of rotatable bonds is 6. The summed E-state index contributed by atoms with van der Waals surface area (Å²) < 4.78 is 1.82.